The summed E-state index contributed by atoms with van der Waals surface area (Å²) in [5, 5.41) is 3.34. The van der Waals surface area contributed by atoms with E-state index in [1.54, 1.807) is 7.11 Å². The van der Waals surface area contributed by atoms with Crippen molar-refractivity contribution in [2.45, 2.75) is 45.3 Å². The molecule has 136 valence electrons. The molecule has 4 rings (SSSR count). The van der Waals surface area contributed by atoms with Crippen LogP contribution in [0.3, 0.4) is 0 Å². The lowest BCUT2D eigenvalue weighted by Crippen LogP contribution is -2.59. The van der Waals surface area contributed by atoms with Crippen molar-refractivity contribution < 1.29 is 14.3 Å². The van der Waals surface area contributed by atoms with Crippen LogP contribution in [0.15, 0.2) is 30.3 Å². The number of carbonyl (C=O) groups is 1. The molecular weight excluding hydrogens is 314 g/mol. The monoisotopic (exact) mass is 343 g/mol. The minimum absolute atomic E-state index is 0.00371. The number of rotatable bonds is 4. The molecule has 1 aromatic rings. The molecule has 1 heterocycles. The Morgan fingerprint density at radius 1 is 1.32 bits per heavy atom. The van der Waals surface area contributed by atoms with E-state index in [1.807, 2.05) is 0 Å². The molecule has 1 aromatic carbocycles. The number of nitrogens with one attached hydrogen (secondary N) is 1. The van der Waals surface area contributed by atoms with Crippen LogP contribution in [-0.4, -0.2) is 32.3 Å². The third-order valence-corrected chi connectivity index (χ3v) is 7.21. The van der Waals surface area contributed by atoms with E-state index in [0.29, 0.717) is 11.8 Å². The second-order valence-electron chi connectivity index (χ2n) is 8.68. The molecule has 3 aliphatic rings. The maximum absolute atomic E-state index is 12.3. The maximum atomic E-state index is 12.3. The van der Waals surface area contributed by atoms with Crippen LogP contribution in [-0.2, 0) is 14.3 Å². The Morgan fingerprint density at radius 3 is 2.80 bits per heavy atom. The minimum Gasteiger partial charge on any atom is -0.375 e. The van der Waals surface area contributed by atoms with Crippen molar-refractivity contribution in [3.8, 4) is 0 Å². The van der Waals surface area contributed by atoms with Gasteiger partial charge in [-0.3, -0.25) is 4.79 Å². The summed E-state index contributed by atoms with van der Waals surface area (Å²) in [4.78, 5) is 12.3. The number of hydrogen-bond acceptors (Lipinski definition) is 3. The molecule has 4 nitrogen and oxygen atoms in total. The average molecular weight is 343 g/mol. The number of methoxy groups -OCH3 is 1. The first kappa shape index (κ1) is 17.0. The van der Waals surface area contributed by atoms with Crippen LogP contribution in [0.25, 0.3) is 0 Å². The smallest absolute Gasteiger partial charge is 0.246 e. The van der Waals surface area contributed by atoms with Gasteiger partial charge in [-0.05, 0) is 47.5 Å². The molecule has 25 heavy (non-hydrogen) atoms. The fraction of sp³-hybridized carbons (Fsp3) is 0.667. The largest absolute Gasteiger partial charge is 0.375 e. The molecule has 1 unspecified atom stereocenters. The van der Waals surface area contributed by atoms with Gasteiger partial charge in [-0.25, -0.2) is 0 Å². The van der Waals surface area contributed by atoms with Gasteiger partial charge in [0, 0.05) is 19.8 Å². The van der Waals surface area contributed by atoms with Crippen LogP contribution in [0, 0.1) is 22.7 Å². The Balaban J connectivity index is 1.66. The summed E-state index contributed by atoms with van der Waals surface area (Å²) >= 11 is 0. The van der Waals surface area contributed by atoms with E-state index < -0.39 is 0 Å². The molecule has 3 fully saturated rings. The Kier molecular flexibility index (Phi) is 4.16. The lowest BCUT2D eigenvalue weighted by atomic mass is 9.59. The third kappa shape index (κ3) is 2.53. The molecule has 4 heteroatoms. The molecule has 2 aliphatic carbocycles. The van der Waals surface area contributed by atoms with E-state index in [1.165, 1.54) is 18.4 Å². The molecule has 1 N–H and O–H groups in total. The van der Waals surface area contributed by atoms with E-state index in [9.17, 15) is 4.79 Å². The SMILES string of the molecule is COCC(=O)N[C@H]1C(C)(C)[C@@H]2C[C@@H]3[C@@H](c4ccccc4)OCCC31C2. The molecular formula is C21H29NO3. The molecule has 5 atom stereocenters. The van der Waals surface area contributed by atoms with Crippen LogP contribution in [0.5, 0.6) is 0 Å². The minimum atomic E-state index is 0.00371. The fourth-order valence-corrected chi connectivity index (χ4v) is 6.09. The number of fused-ring (bicyclic) bond motifs is 1. The molecule has 2 bridgehead atoms. The second kappa shape index (κ2) is 6.10. The average Bonchev–Trinajstić information content (AvgIpc) is 3.09. The molecule has 1 spiro atoms. The molecule has 1 saturated heterocycles. The van der Waals surface area contributed by atoms with Crippen LogP contribution >= 0.6 is 0 Å². The summed E-state index contributed by atoms with van der Waals surface area (Å²) in [5.41, 5.74) is 1.55. The topological polar surface area (TPSA) is 47.6 Å². The predicted octanol–water partition coefficient (Wildman–Crippen LogP) is 3.33. The summed E-state index contributed by atoms with van der Waals surface area (Å²) in [6, 6.07) is 10.8. The van der Waals surface area contributed by atoms with Crippen molar-refractivity contribution in [3.63, 3.8) is 0 Å². The summed E-state index contributed by atoms with van der Waals surface area (Å²) in [5.74, 6) is 1.12. The number of benzene rings is 1. The van der Waals surface area contributed by atoms with E-state index in [2.05, 4.69) is 49.5 Å². The number of hydrogen-bond donors (Lipinski definition) is 1. The van der Waals surface area contributed by atoms with E-state index in [-0.39, 0.29) is 35.5 Å². The van der Waals surface area contributed by atoms with Crippen LogP contribution in [0.1, 0.15) is 44.8 Å². The number of ether oxygens (including phenoxy) is 2. The summed E-state index contributed by atoms with van der Waals surface area (Å²) in [6.07, 6.45) is 3.59. The highest BCUT2D eigenvalue weighted by atomic mass is 16.5. The molecule has 0 aromatic heterocycles. The highest BCUT2D eigenvalue weighted by Crippen LogP contribution is 2.70. The predicted molar refractivity (Wildman–Crippen MR) is 96.0 cm³/mol. The molecule has 1 aliphatic heterocycles. The van der Waals surface area contributed by atoms with E-state index in [0.717, 1.165) is 13.0 Å². The Morgan fingerprint density at radius 2 is 2.08 bits per heavy atom. The first-order valence-electron chi connectivity index (χ1n) is 9.44. The fourth-order valence-electron chi connectivity index (χ4n) is 6.09. The van der Waals surface area contributed by atoms with Gasteiger partial charge in [0.25, 0.3) is 0 Å². The number of carbonyl (C=O) groups excluding carboxylic acids is 1. The van der Waals surface area contributed by atoms with Gasteiger partial charge < -0.3 is 14.8 Å². The van der Waals surface area contributed by atoms with Crippen molar-refractivity contribution in [1.82, 2.24) is 5.32 Å². The first-order valence-corrected chi connectivity index (χ1v) is 9.44. The van der Waals surface area contributed by atoms with Crippen molar-refractivity contribution in [2.75, 3.05) is 20.3 Å². The zero-order chi connectivity index (χ0) is 17.7. The Hall–Kier alpha value is -1.39. The van der Waals surface area contributed by atoms with Gasteiger partial charge in [-0.15, -0.1) is 0 Å². The van der Waals surface area contributed by atoms with Gasteiger partial charge in [0.1, 0.15) is 6.61 Å². The second-order valence-corrected chi connectivity index (χ2v) is 8.68. The van der Waals surface area contributed by atoms with Crippen molar-refractivity contribution in [3.05, 3.63) is 35.9 Å². The Bertz CT molecular complexity index is 644. The van der Waals surface area contributed by atoms with Crippen molar-refractivity contribution in [2.24, 2.45) is 22.7 Å². The van der Waals surface area contributed by atoms with Gasteiger partial charge in [0.2, 0.25) is 5.91 Å². The Labute approximate surface area is 150 Å². The van der Waals surface area contributed by atoms with Crippen molar-refractivity contribution >= 4 is 5.91 Å². The maximum Gasteiger partial charge on any atom is 0.246 e. The van der Waals surface area contributed by atoms with Gasteiger partial charge >= 0.3 is 0 Å². The van der Waals surface area contributed by atoms with Gasteiger partial charge in [0.15, 0.2) is 0 Å². The lowest BCUT2D eigenvalue weighted by Gasteiger charge is -2.53. The molecule has 0 radical (unpaired) electrons. The first-order chi connectivity index (χ1) is 12.0. The zero-order valence-corrected chi connectivity index (χ0v) is 15.5. The molecule has 1 amide bonds. The summed E-state index contributed by atoms with van der Waals surface area (Å²) < 4.78 is 11.3. The quantitative estimate of drug-likeness (QED) is 0.912. The summed E-state index contributed by atoms with van der Waals surface area (Å²) in [7, 11) is 1.58. The van der Waals surface area contributed by atoms with Crippen molar-refractivity contribution in [1.29, 1.82) is 0 Å². The van der Waals surface area contributed by atoms with Crippen LogP contribution in [0.4, 0.5) is 0 Å². The summed E-state index contributed by atoms with van der Waals surface area (Å²) in [6.45, 7) is 5.56. The number of amides is 1. The zero-order valence-electron chi connectivity index (χ0n) is 15.5. The third-order valence-electron chi connectivity index (χ3n) is 7.21. The standard InChI is InChI=1S/C21H29NO3/c1-20(2)15-11-16-18(14-7-5-4-6-8-14)25-10-9-21(16,12-15)19(20)22-17(23)13-24-3/h4-8,15-16,18-19H,9-13H2,1-3H3,(H,22,23)/t15-,16-,18-,19+,21?/m1/s1. The van der Waals surface area contributed by atoms with E-state index >= 15 is 0 Å². The van der Waals surface area contributed by atoms with Crippen LogP contribution in [0.2, 0.25) is 0 Å². The normalized spacial score (nSPS) is 38.4. The van der Waals surface area contributed by atoms with Crippen LogP contribution < -0.4 is 5.32 Å². The van der Waals surface area contributed by atoms with E-state index in [4.69, 9.17) is 9.47 Å². The van der Waals surface area contributed by atoms with Gasteiger partial charge in [-0.2, -0.15) is 0 Å². The highest BCUT2D eigenvalue weighted by Gasteiger charge is 2.68. The highest BCUT2D eigenvalue weighted by molar-refractivity contribution is 5.77. The lowest BCUT2D eigenvalue weighted by molar-refractivity contribution is -0.139. The molecule has 2 saturated carbocycles. The van der Waals surface area contributed by atoms with Gasteiger partial charge in [0.05, 0.1) is 6.10 Å². The van der Waals surface area contributed by atoms with Gasteiger partial charge in [-0.1, -0.05) is 44.2 Å².